The van der Waals surface area contributed by atoms with Crippen LogP contribution in [-0.4, -0.2) is 12.3 Å². The van der Waals surface area contributed by atoms with E-state index in [1.165, 1.54) is 0 Å². The van der Waals surface area contributed by atoms with Crippen LogP contribution in [0.1, 0.15) is 30.9 Å². The van der Waals surface area contributed by atoms with Crippen molar-refractivity contribution in [3.8, 4) is 5.75 Å². The van der Waals surface area contributed by atoms with Gasteiger partial charge in [0.1, 0.15) is 5.75 Å². The third-order valence-corrected chi connectivity index (χ3v) is 2.83. The lowest BCUT2D eigenvalue weighted by Crippen LogP contribution is -2.07. The Morgan fingerprint density at radius 3 is 2.60 bits per heavy atom. The zero-order valence-corrected chi connectivity index (χ0v) is 10.8. The first-order valence-corrected chi connectivity index (χ1v) is 5.62. The second kappa shape index (κ2) is 5.49. The molecule has 2 N–H and O–H groups in total. The third-order valence-electron chi connectivity index (χ3n) is 2.24. The highest BCUT2D eigenvalue weighted by molar-refractivity contribution is 9.10. The van der Waals surface area contributed by atoms with Gasteiger partial charge in [-0.2, -0.15) is 0 Å². The van der Waals surface area contributed by atoms with E-state index in [0.717, 1.165) is 21.3 Å². The molecule has 0 unspecified atom stereocenters. The molecule has 1 aromatic carbocycles. The summed E-state index contributed by atoms with van der Waals surface area (Å²) in [5.74, 6) is 1.25. The molecule has 0 saturated heterocycles. The van der Waals surface area contributed by atoms with Crippen molar-refractivity contribution in [2.45, 2.75) is 26.3 Å². The number of hydrogen-bond donors (Lipinski definition) is 2. The predicted molar refractivity (Wildman–Crippen MR) is 63.4 cm³/mol. The van der Waals surface area contributed by atoms with Gasteiger partial charge in [0.05, 0.1) is 11.6 Å². The first kappa shape index (κ1) is 12.5. The first-order chi connectivity index (χ1) is 7.10. The number of nitrogens with one attached hydrogen (secondary N) is 1. The fourth-order valence-corrected chi connectivity index (χ4v) is 2.20. The summed E-state index contributed by atoms with van der Waals surface area (Å²) < 4.78 is 6.26. The lowest BCUT2D eigenvalue weighted by molar-refractivity contribution is 0.161. The van der Waals surface area contributed by atoms with E-state index >= 15 is 0 Å². The molecule has 0 atom stereocenters. The van der Waals surface area contributed by atoms with Gasteiger partial charge in [0.15, 0.2) is 0 Å². The molecule has 4 heteroatoms. The highest BCUT2D eigenvalue weighted by atomic mass is 79.9. The predicted octanol–water partition coefficient (Wildman–Crippen LogP) is 3.06. The van der Waals surface area contributed by atoms with E-state index in [-0.39, 0.29) is 0 Å². The highest BCUT2D eigenvalue weighted by Crippen LogP contribution is 2.34. The molecule has 0 aliphatic carbocycles. The summed E-state index contributed by atoms with van der Waals surface area (Å²) in [6.07, 6.45) is 0. The van der Waals surface area contributed by atoms with Crippen molar-refractivity contribution >= 4 is 15.9 Å². The van der Waals surface area contributed by atoms with E-state index < -0.39 is 0 Å². The average Bonchev–Trinajstić information content (AvgIpc) is 2.17. The van der Waals surface area contributed by atoms with Crippen LogP contribution in [0.4, 0.5) is 0 Å². The van der Waals surface area contributed by atoms with Crippen LogP contribution in [0.5, 0.6) is 5.75 Å². The molecule has 0 heterocycles. The number of halogens is 1. The number of benzene rings is 1. The smallest absolute Gasteiger partial charge is 0.136 e. The molecule has 0 aliphatic heterocycles. The van der Waals surface area contributed by atoms with Crippen molar-refractivity contribution in [2.75, 3.05) is 7.11 Å². The standard InChI is InChI=1S/C11H16BrNO2/c1-7(2)9-4-8(6-13-14)5-10(12)11(9)15-3/h4-5,7,13-14H,6H2,1-3H3. The zero-order chi connectivity index (χ0) is 11.4. The van der Waals surface area contributed by atoms with Crippen molar-refractivity contribution < 1.29 is 9.94 Å². The summed E-state index contributed by atoms with van der Waals surface area (Å²) >= 11 is 3.46. The monoisotopic (exact) mass is 273 g/mol. The quantitative estimate of drug-likeness (QED) is 0.829. The van der Waals surface area contributed by atoms with E-state index in [4.69, 9.17) is 9.94 Å². The summed E-state index contributed by atoms with van der Waals surface area (Å²) in [5, 5.41) is 8.67. The van der Waals surface area contributed by atoms with Gasteiger partial charge in [-0.05, 0) is 39.0 Å². The van der Waals surface area contributed by atoms with Crippen molar-refractivity contribution in [3.63, 3.8) is 0 Å². The highest BCUT2D eigenvalue weighted by Gasteiger charge is 2.12. The van der Waals surface area contributed by atoms with Gasteiger partial charge in [-0.25, -0.2) is 5.48 Å². The number of hydrogen-bond acceptors (Lipinski definition) is 3. The topological polar surface area (TPSA) is 41.5 Å². The van der Waals surface area contributed by atoms with Crippen molar-refractivity contribution in [1.29, 1.82) is 0 Å². The largest absolute Gasteiger partial charge is 0.495 e. The number of ether oxygens (including phenoxy) is 1. The van der Waals surface area contributed by atoms with E-state index in [1.807, 2.05) is 12.1 Å². The normalized spacial score (nSPS) is 10.8. The minimum atomic E-state index is 0.384. The van der Waals surface area contributed by atoms with E-state index in [2.05, 4.69) is 35.3 Å². The van der Waals surface area contributed by atoms with Gasteiger partial charge in [0.2, 0.25) is 0 Å². The molecular formula is C11H16BrNO2. The van der Waals surface area contributed by atoms with Crippen LogP contribution in [0.3, 0.4) is 0 Å². The number of methoxy groups -OCH3 is 1. The number of rotatable bonds is 4. The maximum atomic E-state index is 8.67. The zero-order valence-electron chi connectivity index (χ0n) is 9.17. The SMILES string of the molecule is COc1c(Br)cc(CNO)cc1C(C)C. The van der Waals surface area contributed by atoms with Crippen LogP contribution in [-0.2, 0) is 6.54 Å². The maximum Gasteiger partial charge on any atom is 0.136 e. The molecular weight excluding hydrogens is 258 g/mol. The van der Waals surface area contributed by atoms with Gasteiger partial charge >= 0.3 is 0 Å². The van der Waals surface area contributed by atoms with Crippen LogP contribution < -0.4 is 10.2 Å². The first-order valence-electron chi connectivity index (χ1n) is 4.83. The molecule has 0 fully saturated rings. The van der Waals surface area contributed by atoms with Crippen LogP contribution in [0.2, 0.25) is 0 Å². The Hall–Kier alpha value is -0.580. The van der Waals surface area contributed by atoms with E-state index in [1.54, 1.807) is 7.11 Å². The second-order valence-corrected chi connectivity index (χ2v) is 4.54. The molecule has 0 saturated carbocycles. The second-order valence-electron chi connectivity index (χ2n) is 3.69. The fraction of sp³-hybridized carbons (Fsp3) is 0.455. The molecule has 0 radical (unpaired) electrons. The Kier molecular flexibility index (Phi) is 4.57. The minimum absolute atomic E-state index is 0.384. The van der Waals surface area contributed by atoms with Gasteiger partial charge in [-0.1, -0.05) is 19.9 Å². The molecule has 0 spiro atoms. The van der Waals surface area contributed by atoms with Crippen LogP contribution in [0.15, 0.2) is 16.6 Å². The Morgan fingerprint density at radius 2 is 2.13 bits per heavy atom. The molecule has 0 aliphatic rings. The summed E-state index contributed by atoms with van der Waals surface area (Å²) in [6.45, 7) is 4.66. The van der Waals surface area contributed by atoms with Gasteiger partial charge in [0.25, 0.3) is 0 Å². The lowest BCUT2D eigenvalue weighted by atomic mass is 9.99. The van der Waals surface area contributed by atoms with Crippen molar-refractivity contribution in [3.05, 3.63) is 27.7 Å². The van der Waals surface area contributed by atoms with Crippen LogP contribution in [0.25, 0.3) is 0 Å². The summed E-state index contributed by atoms with van der Waals surface area (Å²) in [7, 11) is 1.66. The van der Waals surface area contributed by atoms with Crippen molar-refractivity contribution in [1.82, 2.24) is 5.48 Å². The summed E-state index contributed by atoms with van der Waals surface area (Å²) in [5.41, 5.74) is 4.31. The van der Waals surface area contributed by atoms with Gasteiger partial charge in [0, 0.05) is 6.54 Å². The van der Waals surface area contributed by atoms with Crippen LogP contribution >= 0.6 is 15.9 Å². The Morgan fingerprint density at radius 1 is 1.47 bits per heavy atom. The maximum absolute atomic E-state index is 8.67. The minimum Gasteiger partial charge on any atom is -0.495 e. The molecule has 84 valence electrons. The Balaban J connectivity index is 3.19. The van der Waals surface area contributed by atoms with E-state index in [0.29, 0.717) is 12.5 Å². The van der Waals surface area contributed by atoms with Crippen LogP contribution in [0, 0.1) is 0 Å². The molecule has 1 aromatic rings. The summed E-state index contributed by atoms with van der Waals surface area (Å²) in [4.78, 5) is 0. The van der Waals surface area contributed by atoms with E-state index in [9.17, 15) is 0 Å². The fourth-order valence-electron chi connectivity index (χ4n) is 1.51. The van der Waals surface area contributed by atoms with Crippen molar-refractivity contribution in [2.24, 2.45) is 0 Å². The molecule has 1 rings (SSSR count). The Labute approximate surface area is 98.5 Å². The molecule has 0 bridgehead atoms. The third kappa shape index (κ3) is 2.93. The summed E-state index contributed by atoms with van der Waals surface area (Å²) in [6, 6.07) is 3.98. The molecule has 3 nitrogen and oxygen atoms in total. The molecule has 15 heavy (non-hydrogen) atoms. The Bertz CT molecular complexity index is 340. The van der Waals surface area contributed by atoms with Gasteiger partial charge < -0.3 is 9.94 Å². The van der Waals surface area contributed by atoms with Gasteiger partial charge in [-0.3, -0.25) is 0 Å². The molecule has 0 aromatic heterocycles. The number of hydroxylamine groups is 1. The molecule has 0 amide bonds. The lowest BCUT2D eigenvalue weighted by Gasteiger charge is -2.15. The van der Waals surface area contributed by atoms with Gasteiger partial charge in [-0.15, -0.1) is 0 Å². The average molecular weight is 274 g/mol.